The van der Waals surface area contributed by atoms with Gasteiger partial charge in [0.1, 0.15) is 11.6 Å². The summed E-state index contributed by atoms with van der Waals surface area (Å²) in [4.78, 5) is 4.26. The maximum absolute atomic E-state index is 13.8. The molecule has 2 aromatic carbocycles. The predicted molar refractivity (Wildman–Crippen MR) is 74.1 cm³/mol. The Bertz CT molecular complexity index is 766. The van der Waals surface area contributed by atoms with Crippen LogP contribution in [0.25, 0.3) is 10.8 Å². The van der Waals surface area contributed by atoms with Crippen molar-refractivity contribution in [1.82, 2.24) is 4.98 Å². The Hall–Kier alpha value is -2.33. The quantitative estimate of drug-likeness (QED) is 0.773. The number of fused-ring (bicyclic) bond motifs is 1. The highest BCUT2D eigenvalue weighted by Gasteiger charge is 2.17. The minimum Gasteiger partial charge on any atom is -0.319 e. The topological polar surface area (TPSA) is 38.9 Å². The van der Waals surface area contributed by atoms with Crippen molar-refractivity contribution in [3.8, 4) is 0 Å². The number of aromatic nitrogens is 1. The van der Waals surface area contributed by atoms with Gasteiger partial charge in [0, 0.05) is 23.2 Å². The molecule has 2 N–H and O–H groups in total. The number of nitrogens with zero attached hydrogens (tertiary/aromatic N) is 1. The SMILES string of the molecule is NC(c1ccc(F)cc1F)c1nccc2ccccc12. The van der Waals surface area contributed by atoms with Crippen molar-refractivity contribution in [3.05, 3.63) is 77.6 Å². The van der Waals surface area contributed by atoms with Gasteiger partial charge in [0.25, 0.3) is 0 Å². The van der Waals surface area contributed by atoms with Crippen LogP contribution in [-0.4, -0.2) is 4.98 Å². The summed E-state index contributed by atoms with van der Waals surface area (Å²) in [7, 11) is 0. The molecule has 1 aromatic heterocycles. The highest BCUT2D eigenvalue weighted by molar-refractivity contribution is 5.85. The van der Waals surface area contributed by atoms with Gasteiger partial charge in [-0.1, -0.05) is 30.3 Å². The summed E-state index contributed by atoms with van der Waals surface area (Å²) in [5.41, 5.74) is 6.92. The van der Waals surface area contributed by atoms with Crippen LogP contribution in [-0.2, 0) is 0 Å². The summed E-state index contributed by atoms with van der Waals surface area (Å²) >= 11 is 0. The molecule has 0 amide bonds. The first kappa shape index (κ1) is 12.7. The molecule has 0 bridgehead atoms. The zero-order chi connectivity index (χ0) is 14.1. The molecule has 1 heterocycles. The molecule has 0 aliphatic carbocycles. The van der Waals surface area contributed by atoms with Crippen molar-refractivity contribution in [2.75, 3.05) is 0 Å². The van der Waals surface area contributed by atoms with E-state index in [2.05, 4.69) is 4.98 Å². The summed E-state index contributed by atoms with van der Waals surface area (Å²) in [6.07, 6.45) is 1.64. The third-order valence-electron chi connectivity index (χ3n) is 3.30. The lowest BCUT2D eigenvalue weighted by atomic mass is 9.99. The fourth-order valence-corrected chi connectivity index (χ4v) is 2.29. The lowest BCUT2D eigenvalue weighted by Gasteiger charge is -2.14. The molecule has 0 spiro atoms. The molecule has 0 aliphatic heterocycles. The van der Waals surface area contributed by atoms with Crippen LogP contribution in [0.3, 0.4) is 0 Å². The van der Waals surface area contributed by atoms with E-state index in [9.17, 15) is 8.78 Å². The largest absolute Gasteiger partial charge is 0.319 e. The first-order chi connectivity index (χ1) is 9.66. The monoisotopic (exact) mass is 270 g/mol. The van der Waals surface area contributed by atoms with Crippen LogP contribution in [0, 0.1) is 11.6 Å². The van der Waals surface area contributed by atoms with E-state index >= 15 is 0 Å². The smallest absolute Gasteiger partial charge is 0.131 e. The average Bonchev–Trinajstić information content (AvgIpc) is 2.46. The van der Waals surface area contributed by atoms with Gasteiger partial charge in [-0.05, 0) is 17.5 Å². The van der Waals surface area contributed by atoms with Gasteiger partial charge in [-0.15, -0.1) is 0 Å². The van der Waals surface area contributed by atoms with Gasteiger partial charge in [-0.2, -0.15) is 0 Å². The van der Waals surface area contributed by atoms with E-state index in [1.165, 1.54) is 12.1 Å². The van der Waals surface area contributed by atoms with Gasteiger partial charge in [0.15, 0.2) is 0 Å². The minimum absolute atomic E-state index is 0.232. The second kappa shape index (κ2) is 4.98. The van der Waals surface area contributed by atoms with Gasteiger partial charge >= 0.3 is 0 Å². The Balaban J connectivity index is 2.15. The van der Waals surface area contributed by atoms with Crippen molar-refractivity contribution in [1.29, 1.82) is 0 Å². The maximum atomic E-state index is 13.8. The number of halogens is 2. The molecule has 1 atom stereocenters. The summed E-state index contributed by atoms with van der Waals surface area (Å²) in [5.74, 6) is -1.28. The normalized spacial score (nSPS) is 12.6. The molecule has 0 radical (unpaired) electrons. The van der Waals surface area contributed by atoms with Crippen molar-refractivity contribution in [2.45, 2.75) is 6.04 Å². The molecular formula is C16H12F2N2. The molecule has 2 nitrogen and oxygen atoms in total. The van der Waals surface area contributed by atoms with E-state index in [1.54, 1.807) is 6.20 Å². The number of benzene rings is 2. The molecule has 3 aromatic rings. The fourth-order valence-electron chi connectivity index (χ4n) is 2.29. The molecular weight excluding hydrogens is 258 g/mol. The van der Waals surface area contributed by atoms with E-state index in [0.29, 0.717) is 5.69 Å². The van der Waals surface area contributed by atoms with Crippen LogP contribution >= 0.6 is 0 Å². The molecule has 0 saturated carbocycles. The summed E-state index contributed by atoms with van der Waals surface area (Å²) in [6, 6.07) is 12.1. The van der Waals surface area contributed by atoms with Crippen LogP contribution in [0.15, 0.2) is 54.7 Å². The Morgan fingerprint density at radius 2 is 1.80 bits per heavy atom. The van der Waals surface area contributed by atoms with Crippen molar-refractivity contribution < 1.29 is 8.78 Å². The van der Waals surface area contributed by atoms with Crippen molar-refractivity contribution in [2.24, 2.45) is 5.73 Å². The van der Waals surface area contributed by atoms with Gasteiger partial charge in [-0.3, -0.25) is 4.98 Å². The van der Waals surface area contributed by atoms with Crippen LogP contribution in [0.4, 0.5) is 8.78 Å². The van der Waals surface area contributed by atoms with E-state index < -0.39 is 17.7 Å². The number of hydrogen-bond donors (Lipinski definition) is 1. The number of pyridine rings is 1. The molecule has 1 unspecified atom stereocenters. The Kier molecular flexibility index (Phi) is 3.16. The second-order valence-corrected chi connectivity index (χ2v) is 4.56. The first-order valence-corrected chi connectivity index (χ1v) is 6.21. The standard InChI is InChI=1S/C16H12F2N2/c17-11-5-6-13(14(18)9-11)15(19)16-12-4-2-1-3-10(12)7-8-20-16/h1-9,15H,19H2. The van der Waals surface area contributed by atoms with E-state index in [-0.39, 0.29) is 5.56 Å². The number of rotatable bonds is 2. The molecule has 0 fully saturated rings. The molecule has 0 aliphatic rings. The van der Waals surface area contributed by atoms with Crippen LogP contribution in [0.2, 0.25) is 0 Å². The average molecular weight is 270 g/mol. The first-order valence-electron chi connectivity index (χ1n) is 6.21. The molecule has 4 heteroatoms. The second-order valence-electron chi connectivity index (χ2n) is 4.56. The van der Waals surface area contributed by atoms with E-state index in [0.717, 1.165) is 16.8 Å². The molecule has 3 rings (SSSR count). The molecule has 0 saturated heterocycles. The summed E-state index contributed by atoms with van der Waals surface area (Å²) in [6.45, 7) is 0. The molecule has 100 valence electrons. The van der Waals surface area contributed by atoms with Crippen LogP contribution in [0.5, 0.6) is 0 Å². The van der Waals surface area contributed by atoms with Crippen LogP contribution < -0.4 is 5.73 Å². The summed E-state index contributed by atoms with van der Waals surface area (Å²) in [5, 5.41) is 1.85. The highest BCUT2D eigenvalue weighted by atomic mass is 19.1. The fraction of sp³-hybridized carbons (Fsp3) is 0.0625. The third kappa shape index (κ3) is 2.14. The zero-order valence-corrected chi connectivity index (χ0v) is 10.6. The van der Waals surface area contributed by atoms with E-state index in [1.807, 2.05) is 30.3 Å². The third-order valence-corrected chi connectivity index (χ3v) is 3.30. The zero-order valence-electron chi connectivity index (χ0n) is 10.6. The highest BCUT2D eigenvalue weighted by Crippen LogP contribution is 2.27. The number of nitrogens with two attached hydrogens (primary N) is 1. The van der Waals surface area contributed by atoms with Crippen molar-refractivity contribution in [3.63, 3.8) is 0 Å². The lowest BCUT2D eigenvalue weighted by molar-refractivity contribution is 0.565. The minimum atomic E-state index is -0.735. The Labute approximate surface area is 114 Å². The van der Waals surface area contributed by atoms with Gasteiger partial charge in [0.05, 0.1) is 11.7 Å². The number of hydrogen-bond acceptors (Lipinski definition) is 2. The maximum Gasteiger partial charge on any atom is 0.131 e. The molecule has 20 heavy (non-hydrogen) atoms. The van der Waals surface area contributed by atoms with Gasteiger partial charge in [0.2, 0.25) is 0 Å². The van der Waals surface area contributed by atoms with Gasteiger partial charge < -0.3 is 5.73 Å². The Morgan fingerprint density at radius 3 is 2.60 bits per heavy atom. The predicted octanol–water partition coefficient (Wildman–Crippen LogP) is 3.56. The lowest BCUT2D eigenvalue weighted by Crippen LogP contribution is -2.15. The summed E-state index contributed by atoms with van der Waals surface area (Å²) < 4.78 is 26.8. The van der Waals surface area contributed by atoms with Crippen LogP contribution in [0.1, 0.15) is 17.3 Å². The van der Waals surface area contributed by atoms with E-state index in [4.69, 9.17) is 5.73 Å². The van der Waals surface area contributed by atoms with Gasteiger partial charge in [-0.25, -0.2) is 8.78 Å². The Morgan fingerprint density at radius 1 is 1.00 bits per heavy atom. The van der Waals surface area contributed by atoms with Crippen molar-refractivity contribution >= 4 is 10.8 Å².